The first kappa shape index (κ1) is 18.0. The average Bonchev–Trinajstić information content (AvgIpc) is 3.11. The molecule has 0 saturated carbocycles. The lowest BCUT2D eigenvalue weighted by atomic mass is 10.1. The molecule has 0 atom stereocenters. The van der Waals surface area contributed by atoms with Crippen molar-refractivity contribution in [3.63, 3.8) is 0 Å². The van der Waals surface area contributed by atoms with Crippen LogP contribution < -0.4 is 21.5 Å². The highest BCUT2D eigenvalue weighted by atomic mass is 16.5. The van der Waals surface area contributed by atoms with E-state index in [0.717, 1.165) is 16.5 Å². The number of aromatic amines is 1. The van der Waals surface area contributed by atoms with Crippen LogP contribution in [-0.2, 0) is 0 Å². The number of rotatable bonds is 5. The Hall–Kier alpha value is -3.81. The predicted octanol–water partition coefficient (Wildman–Crippen LogP) is 2.43. The minimum absolute atomic E-state index is 0.104. The molecular weight excluding hydrogens is 344 g/mol. The van der Waals surface area contributed by atoms with E-state index in [0.29, 0.717) is 22.8 Å². The van der Waals surface area contributed by atoms with Crippen LogP contribution in [0.5, 0.6) is 5.75 Å². The molecule has 0 aliphatic heterocycles. The molecule has 0 radical (unpaired) electrons. The SMILES string of the molecule is COc1cccc2cc(C(=O)Nc3ccc(/C(C)=N/N=C(N)N)cc3)[nH]c12. The van der Waals surface area contributed by atoms with Gasteiger partial charge in [0.25, 0.3) is 5.91 Å². The van der Waals surface area contributed by atoms with E-state index in [2.05, 4.69) is 20.5 Å². The Morgan fingerprint density at radius 1 is 1.11 bits per heavy atom. The topological polar surface area (TPSA) is 131 Å². The quantitative estimate of drug-likeness (QED) is 0.314. The third kappa shape index (κ3) is 4.06. The van der Waals surface area contributed by atoms with Gasteiger partial charge in [0, 0.05) is 11.1 Å². The van der Waals surface area contributed by atoms with Crippen molar-refractivity contribution >= 4 is 34.2 Å². The van der Waals surface area contributed by atoms with Gasteiger partial charge in [-0.05, 0) is 36.8 Å². The first-order chi connectivity index (χ1) is 13.0. The Morgan fingerprint density at radius 2 is 1.85 bits per heavy atom. The number of hydrogen-bond donors (Lipinski definition) is 4. The van der Waals surface area contributed by atoms with Crippen LogP contribution >= 0.6 is 0 Å². The number of nitrogens with zero attached hydrogens (tertiary/aromatic N) is 2. The highest BCUT2D eigenvalue weighted by Crippen LogP contribution is 2.25. The molecule has 0 spiro atoms. The van der Waals surface area contributed by atoms with Crippen molar-refractivity contribution in [3.05, 3.63) is 59.8 Å². The molecule has 0 aliphatic rings. The fourth-order valence-electron chi connectivity index (χ4n) is 2.60. The second-order valence-electron chi connectivity index (χ2n) is 5.85. The molecule has 1 aromatic heterocycles. The Kier molecular flexibility index (Phi) is 5.07. The minimum atomic E-state index is -0.244. The lowest BCUT2D eigenvalue weighted by Gasteiger charge is -2.05. The predicted molar refractivity (Wildman–Crippen MR) is 107 cm³/mol. The van der Waals surface area contributed by atoms with Gasteiger partial charge in [0.1, 0.15) is 11.4 Å². The van der Waals surface area contributed by atoms with Gasteiger partial charge in [-0.3, -0.25) is 4.79 Å². The number of carbonyl (C=O) groups is 1. The molecule has 6 N–H and O–H groups in total. The number of nitrogens with one attached hydrogen (secondary N) is 2. The molecule has 8 nitrogen and oxygen atoms in total. The Labute approximate surface area is 155 Å². The van der Waals surface area contributed by atoms with Gasteiger partial charge >= 0.3 is 0 Å². The monoisotopic (exact) mass is 364 g/mol. The van der Waals surface area contributed by atoms with E-state index in [1.54, 1.807) is 32.2 Å². The lowest BCUT2D eigenvalue weighted by molar-refractivity contribution is 0.102. The number of carbonyl (C=O) groups excluding carboxylic acids is 1. The van der Waals surface area contributed by atoms with Gasteiger partial charge in [-0.2, -0.15) is 5.10 Å². The lowest BCUT2D eigenvalue weighted by Crippen LogP contribution is -2.22. The third-order valence-corrected chi connectivity index (χ3v) is 3.96. The Bertz CT molecular complexity index is 1030. The summed E-state index contributed by atoms with van der Waals surface area (Å²) in [7, 11) is 1.59. The van der Waals surface area contributed by atoms with Crippen LogP contribution in [0, 0.1) is 0 Å². The maximum absolute atomic E-state index is 12.5. The summed E-state index contributed by atoms with van der Waals surface area (Å²) in [5.41, 5.74) is 13.9. The van der Waals surface area contributed by atoms with E-state index in [-0.39, 0.29) is 11.9 Å². The van der Waals surface area contributed by atoms with Crippen molar-refractivity contribution in [2.75, 3.05) is 12.4 Å². The zero-order valence-electron chi connectivity index (χ0n) is 15.0. The highest BCUT2D eigenvalue weighted by molar-refractivity contribution is 6.07. The summed E-state index contributed by atoms with van der Waals surface area (Å²) < 4.78 is 5.31. The summed E-state index contributed by atoms with van der Waals surface area (Å²) in [6.07, 6.45) is 0. The first-order valence-electron chi connectivity index (χ1n) is 8.18. The summed E-state index contributed by atoms with van der Waals surface area (Å²) in [6.45, 7) is 1.79. The van der Waals surface area contributed by atoms with Crippen LogP contribution in [0.2, 0.25) is 0 Å². The van der Waals surface area contributed by atoms with Crippen molar-refractivity contribution in [3.8, 4) is 5.75 Å². The van der Waals surface area contributed by atoms with Gasteiger partial charge in [-0.1, -0.05) is 24.3 Å². The van der Waals surface area contributed by atoms with Crippen molar-refractivity contribution in [1.29, 1.82) is 0 Å². The van der Waals surface area contributed by atoms with Crippen LogP contribution in [0.4, 0.5) is 5.69 Å². The van der Waals surface area contributed by atoms with Gasteiger partial charge in [0.05, 0.1) is 18.3 Å². The Balaban J connectivity index is 1.76. The van der Waals surface area contributed by atoms with E-state index >= 15 is 0 Å². The molecule has 1 heterocycles. The maximum atomic E-state index is 12.5. The molecule has 3 rings (SSSR count). The number of para-hydroxylation sites is 1. The number of nitrogens with two attached hydrogens (primary N) is 2. The number of hydrogen-bond acceptors (Lipinski definition) is 4. The summed E-state index contributed by atoms with van der Waals surface area (Å²) in [5.74, 6) is 0.339. The van der Waals surface area contributed by atoms with Crippen molar-refractivity contribution < 1.29 is 9.53 Å². The minimum Gasteiger partial charge on any atom is -0.495 e. The second-order valence-corrected chi connectivity index (χ2v) is 5.85. The molecule has 1 amide bonds. The van der Waals surface area contributed by atoms with Crippen LogP contribution in [-0.4, -0.2) is 29.7 Å². The maximum Gasteiger partial charge on any atom is 0.272 e. The number of methoxy groups -OCH3 is 1. The molecule has 138 valence electrons. The van der Waals surface area contributed by atoms with Crippen molar-refractivity contribution in [2.24, 2.45) is 21.7 Å². The fourth-order valence-corrected chi connectivity index (χ4v) is 2.60. The number of ether oxygens (including phenoxy) is 1. The van der Waals surface area contributed by atoms with Gasteiger partial charge in [-0.25, -0.2) is 0 Å². The molecule has 0 bridgehead atoms. The zero-order chi connectivity index (χ0) is 19.4. The number of anilines is 1. The summed E-state index contributed by atoms with van der Waals surface area (Å²) in [6, 6.07) is 14.6. The first-order valence-corrected chi connectivity index (χ1v) is 8.18. The molecule has 3 aromatic rings. The summed E-state index contributed by atoms with van der Waals surface area (Å²) in [5, 5.41) is 11.3. The smallest absolute Gasteiger partial charge is 0.272 e. The van der Waals surface area contributed by atoms with Crippen molar-refractivity contribution in [1.82, 2.24) is 4.98 Å². The highest BCUT2D eigenvalue weighted by Gasteiger charge is 2.12. The van der Waals surface area contributed by atoms with Gasteiger partial charge in [0.15, 0.2) is 0 Å². The standard InChI is InChI=1S/C19H20N6O2/c1-11(24-25-19(20)21)12-6-8-14(9-7-12)22-18(26)15-10-13-4-3-5-16(27-2)17(13)23-15/h3-10,23H,1-2H3,(H,22,26)(H4,20,21,25)/b24-11+. The van der Waals surface area contributed by atoms with E-state index in [1.165, 1.54) is 0 Å². The third-order valence-electron chi connectivity index (χ3n) is 3.96. The number of aromatic nitrogens is 1. The van der Waals surface area contributed by atoms with E-state index < -0.39 is 0 Å². The molecule has 27 heavy (non-hydrogen) atoms. The molecule has 2 aromatic carbocycles. The second kappa shape index (κ2) is 7.61. The van der Waals surface area contributed by atoms with E-state index in [9.17, 15) is 4.79 Å². The molecule has 0 aliphatic carbocycles. The summed E-state index contributed by atoms with van der Waals surface area (Å²) >= 11 is 0. The molecule has 0 saturated heterocycles. The Morgan fingerprint density at radius 3 is 2.52 bits per heavy atom. The largest absolute Gasteiger partial charge is 0.495 e. The average molecular weight is 364 g/mol. The molecular formula is C19H20N6O2. The van der Waals surface area contributed by atoms with E-state index in [4.69, 9.17) is 16.2 Å². The number of fused-ring (bicyclic) bond motifs is 1. The zero-order valence-corrected chi connectivity index (χ0v) is 15.0. The molecule has 0 unspecified atom stereocenters. The number of guanidine groups is 1. The van der Waals surface area contributed by atoms with Gasteiger partial charge < -0.3 is 26.5 Å². The van der Waals surface area contributed by atoms with Crippen LogP contribution in [0.25, 0.3) is 10.9 Å². The van der Waals surface area contributed by atoms with Crippen LogP contribution in [0.15, 0.2) is 58.7 Å². The number of H-pyrrole nitrogens is 1. The summed E-state index contributed by atoms with van der Waals surface area (Å²) in [4.78, 5) is 15.6. The van der Waals surface area contributed by atoms with Gasteiger partial charge in [-0.15, -0.1) is 5.10 Å². The number of benzene rings is 2. The van der Waals surface area contributed by atoms with Gasteiger partial charge in [0.2, 0.25) is 5.96 Å². The fraction of sp³-hybridized carbons (Fsp3) is 0.105. The van der Waals surface area contributed by atoms with Crippen molar-refractivity contribution in [2.45, 2.75) is 6.92 Å². The molecule has 8 heteroatoms. The van der Waals surface area contributed by atoms with Crippen LogP contribution in [0.1, 0.15) is 23.0 Å². The molecule has 0 fully saturated rings. The van der Waals surface area contributed by atoms with Crippen LogP contribution in [0.3, 0.4) is 0 Å². The normalized spacial score (nSPS) is 11.3. The number of amides is 1. The van der Waals surface area contributed by atoms with E-state index in [1.807, 2.05) is 30.3 Å².